The lowest BCUT2D eigenvalue weighted by Gasteiger charge is -2.18. The predicted octanol–water partition coefficient (Wildman–Crippen LogP) is 4.51. The van der Waals surface area contributed by atoms with Crippen LogP contribution in [0.4, 0.5) is 10.5 Å². The molecular weight excluding hydrogens is 326 g/mol. The molecule has 2 heterocycles. The molecule has 26 heavy (non-hydrogen) atoms. The third-order valence-electron chi connectivity index (χ3n) is 4.43. The summed E-state index contributed by atoms with van der Waals surface area (Å²) in [5.74, 6) is 0. The van der Waals surface area contributed by atoms with Gasteiger partial charge < -0.3 is 10.6 Å². The quantitative estimate of drug-likeness (QED) is 0.726. The monoisotopic (exact) mass is 351 g/mol. The van der Waals surface area contributed by atoms with Gasteiger partial charge in [0.05, 0.1) is 24.1 Å². The molecule has 1 aromatic carbocycles. The lowest BCUT2D eigenvalue weighted by Crippen LogP contribution is -2.31. The van der Waals surface area contributed by atoms with E-state index in [0.717, 1.165) is 22.2 Å². The molecule has 136 valence electrons. The topological polar surface area (TPSA) is 71.8 Å². The highest BCUT2D eigenvalue weighted by atomic mass is 16.2. The van der Waals surface area contributed by atoms with Gasteiger partial charge in [0.25, 0.3) is 0 Å². The van der Waals surface area contributed by atoms with Gasteiger partial charge in [-0.1, -0.05) is 23.8 Å². The molecule has 2 N–H and O–H groups in total. The molecule has 0 aliphatic heterocycles. The molecule has 1 atom stereocenters. The minimum Gasteiger partial charge on any atom is -0.331 e. The summed E-state index contributed by atoms with van der Waals surface area (Å²) in [5.41, 5.74) is 4.91. The van der Waals surface area contributed by atoms with Crippen LogP contribution in [0.1, 0.15) is 49.5 Å². The zero-order valence-electron chi connectivity index (χ0n) is 15.9. The number of pyridine rings is 1. The van der Waals surface area contributed by atoms with Crippen molar-refractivity contribution in [3.63, 3.8) is 0 Å². The third kappa shape index (κ3) is 3.69. The van der Waals surface area contributed by atoms with Gasteiger partial charge in [0.2, 0.25) is 0 Å². The minimum atomic E-state index is -0.254. The zero-order chi connectivity index (χ0) is 18.8. The van der Waals surface area contributed by atoms with E-state index < -0.39 is 0 Å². The number of hydrogen-bond acceptors (Lipinski definition) is 3. The molecule has 0 radical (unpaired) electrons. The van der Waals surface area contributed by atoms with Crippen LogP contribution in [0.25, 0.3) is 11.0 Å². The van der Waals surface area contributed by atoms with Crippen molar-refractivity contribution < 1.29 is 4.79 Å². The van der Waals surface area contributed by atoms with Gasteiger partial charge in [-0.15, -0.1) is 0 Å². The Bertz CT molecular complexity index is 945. The molecule has 0 spiro atoms. The van der Waals surface area contributed by atoms with E-state index in [1.165, 1.54) is 5.56 Å². The van der Waals surface area contributed by atoms with Crippen LogP contribution in [-0.4, -0.2) is 20.8 Å². The number of carbonyl (C=O) groups excluding carboxylic acids is 1. The van der Waals surface area contributed by atoms with Crippen LogP contribution in [0.2, 0.25) is 0 Å². The van der Waals surface area contributed by atoms with Crippen molar-refractivity contribution in [1.82, 2.24) is 20.1 Å². The smallest absolute Gasteiger partial charge is 0.319 e. The van der Waals surface area contributed by atoms with Gasteiger partial charge in [-0.25, -0.2) is 14.5 Å². The van der Waals surface area contributed by atoms with Gasteiger partial charge in [-0.05, 0) is 51.8 Å². The maximum atomic E-state index is 12.4. The molecule has 3 aromatic rings. The highest BCUT2D eigenvalue weighted by Gasteiger charge is 2.13. The Balaban J connectivity index is 1.71. The summed E-state index contributed by atoms with van der Waals surface area (Å²) >= 11 is 0. The van der Waals surface area contributed by atoms with Crippen molar-refractivity contribution in [2.45, 2.75) is 46.7 Å². The molecule has 0 aliphatic carbocycles. The van der Waals surface area contributed by atoms with E-state index in [9.17, 15) is 4.79 Å². The first-order chi connectivity index (χ1) is 12.3. The van der Waals surface area contributed by atoms with Crippen molar-refractivity contribution in [3.8, 4) is 0 Å². The van der Waals surface area contributed by atoms with Gasteiger partial charge >= 0.3 is 6.03 Å². The number of anilines is 1. The Kier molecular flexibility index (Phi) is 4.93. The number of nitrogens with one attached hydrogen (secondary N) is 2. The van der Waals surface area contributed by atoms with E-state index in [0.29, 0.717) is 5.69 Å². The lowest BCUT2D eigenvalue weighted by atomic mass is 10.0. The SMILES string of the molecule is Cc1ccc(C)c(C(C)NC(=O)Nc2cnc3c(cnn3C(C)C)c2)c1. The first kappa shape index (κ1) is 17.9. The number of nitrogens with zero attached hydrogens (tertiary/aromatic N) is 3. The molecule has 6 heteroatoms. The van der Waals surface area contributed by atoms with E-state index in [1.54, 1.807) is 12.4 Å². The number of aryl methyl sites for hydroxylation is 2. The molecule has 0 saturated heterocycles. The van der Waals surface area contributed by atoms with Crippen LogP contribution >= 0.6 is 0 Å². The van der Waals surface area contributed by atoms with Gasteiger partial charge in [-0.2, -0.15) is 5.10 Å². The van der Waals surface area contributed by atoms with Crippen molar-refractivity contribution in [2.24, 2.45) is 0 Å². The van der Waals surface area contributed by atoms with Gasteiger partial charge in [0.15, 0.2) is 5.65 Å². The highest BCUT2D eigenvalue weighted by Crippen LogP contribution is 2.21. The van der Waals surface area contributed by atoms with Crippen LogP contribution in [0, 0.1) is 13.8 Å². The Morgan fingerprint density at radius 3 is 2.62 bits per heavy atom. The molecule has 2 aromatic heterocycles. The van der Waals surface area contributed by atoms with E-state index in [2.05, 4.69) is 59.7 Å². The van der Waals surface area contributed by atoms with Crippen LogP contribution in [0.5, 0.6) is 0 Å². The summed E-state index contributed by atoms with van der Waals surface area (Å²) in [6.07, 6.45) is 3.43. The van der Waals surface area contributed by atoms with Gasteiger partial charge in [0, 0.05) is 11.4 Å². The number of aromatic nitrogens is 3. The number of urea groups is 1. The molecule has 0 saturated carbocycles. The van der Waals surface area contributed by atoms with Crippen molar-refractivity contribution in [1.29, 1.82) is 0 Å². The fourth-order valence-corrected chi connectivity index (χ4v) is 3.05. The Morgan fingerprint density at radius 2 is 1.88 bits per heavy atom. The standard InChI is InChI=1S/C20H25N5O/c1-12(2)25-19-16(10-22-25)9-17(11-21-19)24-20(26)23-15(5)18-8-13(3)6-7-14(18)4/h6-12,15H,1-5H3,(H2,23,24,26). The maximum absolute atomic E-state index is 12.4. The lowest BCUT2D eigenvalue weighted by molar-refractivity contribution is 0.249. The molecule has 1 unspecified atom stereocenters. The number of fused-ring (bicyclic) bond motifs is 1. The van der Waals surface area contributed by atoms with Crippen LogP contribution < -0.4 is 10.6 Å². The Labute approximate surface area is 153 Å². The molecule has 0 fully saturated rings. The molecule has 3 rings (SSSR count). The average molecular weight is 351 g/mol. The van der Waals surface area contributed by atoms with E-state index in [1.807, 2.05) is 24.6 Å². The van der Waals surface area contributed by atoms with Crippen molar-refractivity contribution in [2.75, 3.05) is 5.32 Å². The van der Waals surface area contributed by atoms with Crippen LogP contribution in [0.3, 0.4) is 0 Å². The first-order valence-corrected chi connectivity index (χ1v) is 8.83. The summed E-state index contributed by atoms with van der Waals surface area (Å²) in [4.78, 5) is 16.8. The molecule has 6 nitrogen and oxygen atoms in total. The third-order valence-corrected chi connectivity index (χ3v) is 4.43. The van der Waals surface area contributed by atoms with Crippen LogP contribution in [-0.2, 0) is 0 Å². The largest absolute Gasteiger partial charge is 0.331 e. The van der Waals surface area contributed by atoms with E-state index in [-0.39, 0.29) is 18.1 Å². The second-order valence-corrected chi connectivity index (χ2v) is 7.00. The number of carbonyl (C=O) groups is 1. The molecule has 2 amide bonds. The summed E-state index contributed by atoms with van der Waals surface area (Å²) in [5, 5.41) is 11.1. The fraction of sp³-hybridized carbons (Fsp3) is 0.350. The molecule has 0 bridgehead atoms. The average Bonchev–Trinajstić information content (AvgIpc) is 3.00. The van der Waals surface area contributed by atoms with Gasteiger partial charge in [0.1, 0.15) is 0 Å². The molecule has 0 aliphatic rings. The summed E-state index contributed by atoms with van der Waals surface area (Å²) in [6, 6.07) is 8.03. The highest BCUT2D eigenvalue weighted by molar-refractivity contribution is 5.91. The van der Waals surface area contributed by atoms with E-state index in [4.69, 9.17) is 0 Å². The summed E-state index contributed by atoms with van der Waals surface area (Å²) in [7, 11) is 0. The van der Waals surface area contributed by atoms with E-state index >= 15 is 0 Å². The summed E-state index contributed by atoms with van der Waals surface area (Å²) < 4.78 is 1.86. The van der Waals surface area contributed by atoms with Crippen LogP contribution in [0.15, 0.2) is 36.7 Å². The second-order valence-electron chi connectivity index (χ2n) is 7.00. The normalized spacial score (nSPS) is 12.4. The number of amides is 2. The first-order valence-electron chi connectivity index (χ1n) is 8.83. The maximum Gasteiger partial charge on any atom is 0.319 e. The van der Waals surface area contributed by atoms with Gasteiger partial charge in [-0.3, -0.25) is 0 Å². The fourth-order valence-electron chi connectivity index (χ4n) is 3.05. The Morgan fingerprint density at radius 1 is 1.12 bits per heavy atom. The summed E-state index contributed by atoms with van der Waals surface area (Å²) in [6.45, 7) is 10.2. The Hall–Kier alpha value is -2.89. The number of hydrogen-bond donors (Lipinski definition) is 2. The number of rotatable bonds is 4. The predicted molar refractivity (Wildman–Crippen MR) is 104 cm³/mol. The zero-order valence-corrected chi connectivity index (χ0v) is 15.9. The van der Waals surface area contributed by atoms with Crippen molar-refractivity contribution in [3.05, 3.63) is 53.3 Å². The van der Waals surface area contributed by atoms with Crippen molar-refractivity contribution >= 4 is 22.8 Å². The minimum absolute atomic E-state index is 0.0877. The number of benzene rings is 1. The second kappa shape index (κ2) is 7.15. The molecular formula is C20H25N5O.